The molecule has 6 rings (SSSR count). The summed E-state index contributed by atoms with van der Waals surface area (Å²) in [5.74, 6) is 0.727. The zero-order valence-electron chi connectivity index (χ0n) is 19.1. The van der Waals surface area contributed by atoms with E-state index < -0.39 is 0 Å². The quantitative estimate of drug-likeness (QED) is 0.320. The first-order chi connectivity index (χ1) is 17.2. The third kappa shape index (κ3) is 3.73. The van der Waals surface area contributed by atoms with Crippen LogP contribution in [-0.4, -0.2) is 24.6 Å². The fraction of sp³-hybridized carbons (Fsp3) is 0.0333. The molecule has 0 aliphatic rings. The number of benzene rings is 3. The van der Waals surface area contributed by atoms with Gasteiger partial charge in [0.05, 0.1) is 16.7 Å². The van der Waals surface area contributed by atoms with Crippen molar-refractivity contribution in [3.05, 3.63) is 109 Å². The molecule has 168 valence electrons. The molecule has 0 fully saturated rings. The van der Waals surface area contributed by atoms with Crippen LogP contribution in [-0.2, 0) is 7.05 Å². The number of aromatic nitrogens is 4. The van der Waals surface area contributed by atoms with Crippen molar-refractivity contribution in [1.29, 1.82) is 0 Å². The number of aromatic hydroxyl groups is 1. The number of rotatable bonds is 4. The Kier molecular flexibility index (Phi) is 5.08. The van der Waals surface area contributed by atoms with Crippen molar-refractivity contribution < 1.29 is 5.11 Å². The molecule has 3 aromatic heterocycles. The number of fused-ring (bicyclic) bond motifs is 1. The lowest BCUT2D eigenvalue weighted by Crippen LogP contribution is -1.94. The standard InChI is InChI=1S/C30H22N4O/c1-34-26-13-7-11-24(28(26)33-30(34)29-27(35)14-8-16-32-29)22-17-21(20-9-3-2-4-10-20)18-23(19-22)25-12-5-6-15-31-25/h2-19,35H,1H3. The number of imidazole rings is 1. The largest absolute Gasteiger partial charge is 0.506 e. The van der Waals surface area contributed by atoms with Crippen molar-refractivity contribution >= 4 is 11.0 Å². The minimum absolute atomic E-state index is 0.107. The van der Waals surface area contributed by atoms with E-state index in [1.807, 2.05) is 66.3 Å². The smallest absolute Gasteiger partial charge is 0.163 e. The highest BCUT2D eigenvalue weighted by molar-refractivity contribution is 5.96. The summed E-state index contributed by atoms with van der Waals surface area (Å²) in [6, 6.07) is 32.3. The molecule has 6 aromatic rings. The molecule has 0 atom stereocenters. The van der Waals surface area contributed by atoms with Crippen LogP contribution in [0.25, 0.3) is 56.1 Å². The van der Waals surface area contributed by atoms with E-state index in [0.717, 1.165) is 44.5 Å². The van der Waals surface area contributed by atoms with Gasteiger partial charge in [0.2, 0.25) is 0 Å². The molecular weight excluding hydrogens is 432 g/mol. The molecule has 0 amide bonds. The van der Waals surface area contributed by atoms with Crippen LogP contribution in [0.3, 0.4) is 0 Å². The SMILES string of the molecule is Cn1c(-c2ncccc2O)nc2c(-c3cc(-c4ccccc4)cc(-c4ccccn4)c3)cccc21. The molecule has 0 saturated carbocycles. The summed E-state index contributed by atoms with van der Waals surface area (Å²) in [7, 11) is 1.95. The van der Waals surface area contributed by atoms with Crippen molar-refractivity contribution in [3.8, 4) is 50.8 Å². The third-order valence-corrected chi connectivity index (χ3v) is 6.22. The highest BCUT2D eigenvalue weighted by Gasteiger charge is 2.18. The number of hydrogen-bond donors (Lipinski definition) is 1. The van der Waals surface area contributed by atoms with Crippen LogP contribution in [0.2, 0.25) is 0 Å². The molecule has 5 heteroatoms. The summed E-state index contributed by atoms with van der Waals surface area (Å²) < 4.78 is 1.97. The van der Waals surface area contributed by atoms with E-state index in [1.165, 1.54) is 0 Å². The van der Waals surface area contributed by atoms with E-state index in [2.05, 4.69) is 46.4 Å². The molecule has 0 aliphatic heterocycles. The maximum absolute atomic E-state index is 10.4. The monoisotopic (exact) mass is 454 g/mol. The first kappa shape index (κ1) is 20.8. The van der Waals surface area contributed by atoms with Gasteiger partial charge in [-0.2, -0.15) is 0 Å². The summed E-state index contributed by atoms with van der Waals surface area (Å²) >= 11 is 0. The molecule has 0 spiro atoms. The van der Waals surface area contributed by atoms with Crippen LogP contribution in [0.4, 0.5) is 0 Å². The molecule has 0 saturated heterocycles. The Balaban J connectivity index is 1.59. The molecule has 0 unspecified atom stereocenters. The van der Waals surface area contributed by atoms with Crippen molar-refractivity contribution in [3.63, 3.8) is 0 Å². The van der Waals surface area contributed by atoms with E-state index in [4.69, 9.17) is 4.98 Å². The summed E-state index contributed by atoms with van der Waals surface area (Å²) in [6.45, 7) is 0. The van der Waals surface area contributed by atoms with E-state index in [-0.39, 0.29) is 5.75 Å². The molecular formula is C30H22N4O. The molecule has 1 N–H and O–H groups in total. The van der Waals surface area contributed by atoms with Crippen molar-refractivity contribution in [1.82, 2.24) is 19.5 Å². The number of pyridine rings is 2. The molecule has 5 nitrogen and oxygen atoms in total. The van der Waals surface area contributed by atoms with Crippen LogP contribution >= 0.6 is 0 Å². The average molecular weight is 455 g/mol. The van der Waals surface area contributed by atoms with Crippen LogP contribution in [0.1, 0.15) is 0 Å². The average Bonchev–Trinajstić information content (AvgIpc) is 3.26. The van der Waals surface area contributed by atoms with Gasteiger partial charge in [-0.15, -0.1) is 0 Å². The number of hydrogen-bond acceptors (Lipinski definition) is 4. The topological polar surface area (TPSA) is 63.8 Å². The molecule has 0 bridgehead atoms. The van der Waals surface area contributed by atoms with Gasteiger partial charge in [-0.25, -0.2) is 9.97 Å². The maximum Gasteiger partial charge on any atom is 0.163 e. The fourth-order valence-corrected chi connectivity index (χ4v) is 4.49. The van der Waals surface area contributed by atoms with Gasteiger partial charge in [-0.3, -0.25) is 4.98 Å². The first-order valence-corrected chi connectivity index (χ1v) is 11.4. The molecule has 0 aliphatic carbocycles. The Morgan fingerprint density at radius 1 is 0.657 bits per heavy atom. The summed E-state index contributed by atoms with van der Waals surface area (Å²) in [5.41, 5.74) is 8.54. The van der Waals surface area contributed by atoms with Gasteiger partial charge < -0.3 is 9.67 Å². The molecule has 3 heterocycles. The Hall–Kier alpha value is -4.77. The minimum atomic E-state index is 0.107. The lowest BCUT2D eigenvalue weighted by atomic mass is 9.94. The van der Waals surface area contributed by atoms with Gasteiger partial charge in [-0.1, -0.05) is 48.5 Å². The Bertz CT molecular complexity index is 1600. The predicted octanol–water partition coefficient (Wildman–Crippen LogP) is 6.74. The Labute approximate surface area is 203 Å². The Morgan fingerprint density at radius 2 is 1.43 bits per heavy atom. The van der Waals surface area contributed by atoms with Gasteiger partial charge in [0, 0.05) is 30.6 Å². The highest BCUT2D eigenvalue weighted by Crippen LogP contribution is 2.37. The lowest BCUT2D eigenvalue weighted by Gasteiger charge is -2.11. The first-order valence-electron chi connectivity index (χ1n) is 11.4. The Morgan fingerprint density at radius 3 is 2.23 bits per heavy atom. The van der Waals surface area contributed by atoms with E-state index in [9.17, 15) is 5.11 Å². The molecule has 0 radical (unpaired) electrons. The van der Waals surface area contributed by atoms with Gasteiger partial charge in [0.25, 0.3) is 0 Å². The lowest BCUT2D eigenvalue weighted by molar-refractivity contribution is 0.474. The zero-order valence-corrected chi connectivity index (χ0v) is 19.1. The molecule has 3 aromatic carbocycles. The van der Waals surface area contributed by atoms with Gasteiger partial charge in [0.15, 0.2) is 5.82 Å². The second-order valence-corrected chi connectivity index (χ2v) is 8.42. The number of aryl methyl sites for hydroxylation is 1. The van der Waals surface area contributed by atoms with Crippen LogP contribution in [0, 0.1) is 0 Å². The second-order valence-electron chi connectivity index (χ2n) is 8.42. The molecule has 35 heavy (non-hydrogen) atoms. The summed E-state index contributed by atoms with van der Waals surface area (Å²) in [5, 5.41) is 10.4. The normalized spacial score (nSPS) is 11.1. The highest BCUT2D eigenvalue weighted by atomic mass is 16.3. The zero-order chi connectivity index (χ0) is 23.8. The van der Waals surface area contributed by atoms with E-state index in [1.54, 1.807) is 18.3 Å². The van der Waals surface area contributed by atoms with Crippen molar-refractivity contribution in [2.75, 3.05) is 0 Å². The van der Waals surface area contributed by atoms with Crippen molar-refractivity contribution in [2.24, 2.45) is 7.05 Å². The van der Waals surface area contributed by atoms with E-state index in [0.29, 0.717) is 11.5 Å². The van der Waals surface area contributed by atoms with Crippen LogP contribution in [0.5, 0.6) is 5.75 Å². The maximum atomic E-state index is 10.4. The fourth-order valence-electron chi connectivity index (χ4n) is 4.49. The summed E-state index contributed by atoms with van der Waals surface area (Å²) in [4.78, 5) is 13.9. The summed E-state index contributed by atoms with van der Waals surface area (Å²) in [6.07, 6.45) is 3.48. The number of nitrogens with zero attached hydrogens (tertiary/aromatic N) is 4. The van der Waals surface area contributed by atoms with Gasteiger partial charge >= 0.3 is 0 Å². The third-order valence-electron chi connectivity index (χ3n) is 6.22. The van der Waals surface area contributed by atoms with Crippen LogP contribution in [0.15, 0.2) is 109 Å². The van der Waals surface area contributed by atoms with Crippen LogP contribution < -0.4 is 0 Å². The minimum Gasteiger partial charge on any atom is -0.506 e. The van der Waals surface area contributed by atoms with E-state index >= 15 is 0 Å². The number of para-hydroxylation sites is 1. The van der Waals surface area contributed by atoms with Gasteiger partial charge in [-0.05, 0) is 65.2 Å². The second kappa shape index (κ2) is 8.54. The predicted molar refractivity (Wildman–Crippen MR) is 140 cm³/mol. The van der Waals surface area contributed by atoms with Crippen molar-refractivity contribution in [2.45, 2.75) is 0 Å². The van der Waals surface area contributed by atoms with Gasteiger partial charge in [0.1, 0.15) is 11.4 Å².